The molecule has 1 unspecified atom stereocenters. The van der Waals surface area contributed by atoms with Gasteiger partial charge in [-0.3, -0.25) is 4.79 Å². The third-order valence-corrected chi connectivity index (χ3v) is 7.48. The Kier molecular flexibility index (Phi) is 6.09. The fourth-order valence-electron chi connectivity index (χ4n) is 5.67. The molecule has 0 saturated heterocycles. The van der Waals surface area contributed by atoms with Crippen LogP contribution < -0.4 is 9.80 Å². The summed E-state index contributed by atoms with van der Waals surface area (Å²) in [4.78, 5) is 16.8. The molecule has 2 aliphatic heterocycles. The molecule has 1 atom stereocenters. The van der Waals surface area contributed by atoms with Gasteiger partial charge in [0, 0.05) is 46.6 Å². The highest BCUT2D eigenvalue weighted by molar-refractivity contribution is 5.79. The molecule has 0 fully saturated rings. The van der Waals surface area contributed by atoms with Crippen LogP contribution in [0.25, 0.3) is 0 Å². The molecule has 2 aromatic rings. The summed E-state index contributed by atoms with van der Waals surface area (Å²) in [6, 6.07) is 17.4. The highest BCUT2D eigenvalue weighted by Crippen LogP contribution is 2.47. The number of allylic oxidation sites excluding steroid dienone is 5. The van der Waals surface area contributed by atoms with Gasteiger partial charge in [-0.05, 0) is 49.3 Å². The van der Waals surface area contributed by atoms with Crippen LogP contribution in [0.2, 0.25) is 0 Å². The molecule has 0 saturated carbocycles. The lowest BCUT2D eigenvalue weighted by atomic mass is 9.80. The maximum absolute atomic E-state index is 12.0. The summed E-state index contributed by atoms with van der Waals surface area (Å²) in [7, 11) is 0. The number of hydrogen-bond donors (Lipinski definition) is 0. The maximum Gasteiger partial charge on any atom is 0.150 e. The van der Waals surface area contributed by atoms with E-state index in [9.17, 15) is 4.79 Å². The van der Waals surface area contributed by atoms with Gasteiger partial charge in [0.15, 0.2) is 0 Å². The number of hydrogen-bond acceptors (Lipinski definition) is 3. The smallest absolute Gasteiger partial charge is 0.150 e. The fourth-order valence-corrected chi connectivity index (χ4v) is 5.67. The molecule has 2 aliphatic rings. The van der Waals surface area contributed by atoms with E-state index in [0.29, 0.717) is 5.57 Å². The number of nitrogens with zero attached hydrogens (tertiary/aromatic N) is 2. The number of para-hydroxylation sites is 2. The van der Waals surface area contributed by atoms with E-state index >= 15 is 0 Å². The first-order valence-electron chi connectivity index (χ1n) is 12.1. The van der Waals surface area contributed by atoms with E-state index in [1.54, 1.807) is 0 Å². The van der Waals surface area contributed by atoms with Gasteiger partial charge >= 0.3 is 0 Å². The number of likely N-dealkylation sites (N-methyl/N-ethyl adjacent to an activating group) is 2. The Morgan fingerprint density at radius 3 is 2.18 bits per heavy atom. The van der Waals surface area contributed by atoms with E-state index in [1.807, 2.05) is 12.2 Å². The van der Waals surface area contributed by atoms with Crippen molar-refractivity contribution >= 4 is 17.7 Å². The summed E-state index contributed by atoms with van der Waals surface area (Å²) in [6.45, 7) is 15.3. The second kappa shape index (κ2) is 8.70. The van der Waals surface area contributed by atoms with Crippen LogP contribution >= 0.6 is 0 Å². The Labute approximate surface area is 199 Å². The molecule has 0 N–H and O–H groups in total. The fraction of sp³-hybridized carbons (Fsp3) is 0.367. The van der Waals surface area contributed by atoms with Crippen LogP contribution in [0, 0.1) is 0 Å². The maximum atomic E-state index is 12.0. The number of fused-ring (bicyclic) bond motifs is 2. The monoisotopic (exact) mass is 440 g/mol. The van der Waals surface area contributed by atoms with Gasteiger partial charge in [0.05, 0.1) is 6.04 Å². The number of carbonyl (C=O) groups excluding carboxylic acids is 1. The number of carbonyl (C=O) groups is 1. The molecule has 4 rings (SSSR count). The van der Waals surface area contributed by atoms with Crippen molar-refractivity contribution in [3.05, 3.63) is 95.2 Å². The first-order chi connectivity index (χ1) is 15.8. The van der Waals surface area contributed by atoms with Crippen molar-refractivity contribution in [1.82, 2.24) is 0 Å². The van der Waals surface area contributed by atoms with E-state index in [2.05, 4.69) is 112 Å². The van der Waals surface area contributed by atoms with Crippen molar-refractivity contribution in [2.75, 3.05) is 22.9 Å². The lowest BCUT2D eigenvalue weighted by Crippen LogP contribution is -2.39. The quantitative estimate of drug-likeness (QED) is 0.289. The minimum atomic E-state index is -0.102. The first-order valence-corrected chi connectivity index (χ1v) is 12.1. The minimum absolute atomic E-state index is 0.0241. The summed E-state index contributed by atoms with van der Waals surface area (Å²) in [5.41, 5.74) is 7.04. The molecule has 0 bridgehead atoms. The molecule has 33 heavy (non-hydrogen) atoms. The van der Waals surface area contributed by atoms with Crippen molar-refractivity contribution in [1.29, 1.82) is 0 Å². The van der Waals surface area contributed by atoms with E-state index in [4.69, 9.17) is 0 Å². The molecule has 0 radical (unpaired) electrons. The molecular formula is C30H36N2O. The molecule has 3 nitrogen and oxygen atoms in total. The molecule has 0 amide bonds. The molecule has 0 spiro atoms. The number of rotatable bonds is 6. The highest BCUT2D eigenvalue weighted by Gasteiger charge is 2.42. The van der Waals surface area contributed by atoms with Gasteiger partial charge in [0.2, 0.25) is 0 Å². The van der Waals surface area contributed by atoms with Crippen LogP contribution in [-0.2, 0) is 15.6 Å². The molecule has 172 valence electrons. The molecule has 0 aromatic heterocycles. The van der Waals surface area contributed by atoms with Crippen LogP contribution in [-0.4, -0.2) is 25.4 Å². The minimum Gasteiger partial charge on any atom is -0.364 e. The Balaban J connectivity index is 1.66. The van der Waals surface area contributed by atoms with Crippen molar-refractivity contribution in [3.8, 4) is 0 Å². The zero-order valence-electron chi connectivity index (χ0n) is 20.8. The molecule has 0 aliphatic carbocycles. The van der Waals surface area contributed by atoms with Crippen molar-refractivity contribution in [3.63, 3.8) is 0 Å². The SMILES string of the molecule is CCN1/C(=C/C=C(C=O)/C=C/C2N(CC)c3ccccc3C2(C)C)C(C)(C)c2ccccc21. The van der Waals surface area contributed by atoms with Crippen LogP contribution in [0.15, 0.2) is 84.1 Å². The number of benzene rings is 2. The summed E-state index contributed by atoms with van der Waals surface area (Å²) < 4.78 is 0. The predicted molar refractivity (Wildman–Crippen MR) is 140 cm³/mol. The lowest BCUT2D eigenvalue weighted by Gasteiger charge is -2.31. The zero-order valence-corrected chi connectivity index (χ0v) is 20.8. The third kappa shape index (κ3) is 3.74. The number of aldehydes is 1. The van der Waals surface area contributed by atoms with Crippen LogP contribution in [0.3, 0.4) is 0 Å². The topological polar surface area (TPSA) is 23.6 Å². The van der Waals surface area contributed by atoms with E-state index in [1.165, 1.54) is 28.2 Å². The van der Waals surface area contributed by atoms with Crippen LogP contribution in [0.4, 0.5) is 11.4 Å². The molecule has 2 aromatic carbocycles. The lowest BCUT2D eigenvalue weighted by molar-refractivity contribution is -0.104. The van der Waals surface area contributed by atoms with Gasteiger partial charge in [0.1, 0.15) is 6.29 Å². The van der Waals surface area contributed by atoms with Gasteiger partial charge in [0.25, 0.3) is 0 Å². The zero-order chi connectivity index (χ0) is 23.8. The average molecular weight is 441 g/mol. The van der Waals surface area contributed by atoms with Gasteiger partial charge in [-0.1, -0.05) is 76.2 Å². The Morgan fingerprint density at radius 2 is 1.55 bits per heavy atom. The van der Waals surface area contributed by atoms with Gasteiger partial charge in [-0.15, -0.1) is 0 Å². The van der Waals surface area contributed by atoms with Gasteiger partial charge in [-0.25, -0.2) is 0 Å². The van der Waals surface area contributed by atoms with E-state index in [0.717, 1.165) is 19.4 Å². The van der Waals surface area contributed by atoms with Gasteiger partial charge < -0.3 is 9.80 Å². The van der Waals surface area contributed by atoms with Crippen molar-refractivity contribution in [2.24, 2.45) is 0 Å². The standard InChI is InChI=1S/C30H36N2O/c1-7-31-25-15-11-9-13-23(25)29(3,4)27(31)19-17-22(21-33)18-20-28-30(5,6)24-14-10-12-16-26(24)32(28)8-2/h9-21,27H,7-8H2,1-6H3/b19-17+,22-18-,28-20+. The summed E-state index contributed by atoms with van der Waals surface area (Å²) in [5.74, 6) is 0. The Bertz CT molecular complexity index is 1140. The summed E-state index contributed by atoms with van der Waals surface area (Å²) in [5, 5.41) is 0. The Hall–Kier alpha value is -3.07. The van der Waals surface area contributed by atoms with Gasteiger partial charge in [-0.2, -0.15) is 0 Å². The summed E-state index contributed by atoms with van der Waals surface area (Å²) in [6.07, 6.45) is 9.26. The normalized spacial score (nSPS) is 22.2. The van der Waals surface area contributed by atoms with E-state index < -0.39 is 0 Å². The second-order valence-electron chi connectivity index (χ2n) is 10.1. The number of anilines is 2. The first kappa shape index (κ1) is 23.1. The van der Waals surface area contributed by atoms with E-state index in [-0.39, 0.29) is 16.9 Å². The molecular weight excluding hydrogens is 404 g/mol. The predicted octanol–water partition coefficient (Wildman–Crippen LogP) is 6.56. The molecule has 2 heterocycles. The van der Waals surface area contributed by atoms with Crippen molar-refractivity contribution < 1.29 is 4.79 Å². The average Bonchev–Trinajstić information content (AvgIpc) is 3.17. The highest BCUT2D eigenvalue weighted by atomic mass is 16.1. The second-order valence-corrected chi connectivity index (χ2v) is 10.1. The molecule has 3 heteroatoms. The van der Waals surface area contributed by atoms with Crippen LogP contribution in [0.5, 0.6) is 0 Å². The summed E-state index contributed by atoms with van der Waals surface area (Å²) >= 11 is 0. The largest absolute Gasteiger partial charge is 0.364 e. The van der Waals surface area contributed by atoms with Crippen molar-refractivity contribution in [2.45, 2.75) is 58.4 Å². The third-order valence-electron chi connectivity index (χ3n) is 7.48. The van der Waals surface area contributed by atoms with Crippen LogP contribution in [0.1, 0.15) is 52.7 Å². The Morgan fingerprint density at radius 1 is 0.909 bits per heavy atom.